The lowest BCUT2D eigenvalue weighted by Crippen LogP contribution is -2.45. The maximum atomic E-state index is 13.1. The highest BCUT2D eigenvalue weighted by atomic mass is 35.5. The van der Waals surface area contributed by atoms with Crippen LogP contribution in [0.15, 0.2) is 29.3 Å². The molecule has 30 heavy (non-hydrogen) atoms. The van der Waals surface area contributed by atoms with E-state index < -0.39 is 0 Å². The van der Waals surface area contributed by atoms with E-state index in [2.05, 4.69) is 10.2 Å². The maximum absolute atomic E-state index is 13.1. The Morgan fingerprint density at radius 1 is 1.03 bits per heavy atom. The number of aliphatic imine (C=N–C) groups is 1. The lowest BCUT2D eigenvalue weighted by atomic mass is 9.93. The first-order chi connectivity index (χ1) is 14.2. The minimum atomic E-state index is -0.290. The van der Waals surface area contributed by atoms with Crippen LogP contribution in [0, 0.1) is 5.82 Å². The Bertz CT molecular complexity index is 718. The average Bonchev–Trinajstić information content (AvgIpc) is 3.13. The van der Waals surface area contributed by atoms with Gasteiger partial charge in [0.2, 0.25) is 5.91 Å². The fourth-order valence-corrected chi connectivity index (χ4v) is 6.17. The number of nitrogens with zero attached hydrogens (tertiary/aromatic N) is 2. The monoisotopic (exact) mass is 453 g/mol. The van der Waals surface area contributed by atoms with Gasteiger partial charge >= 0.3 is 0 Å². The summed E-state index contributed by atoms with van der Waals surface area (Å²) >= 11 is 1.84. The third-order valence-electron chi connectivity index (χ3n) is 6.40. The molecule has 2 saturated carbocycles. The number of benzene rings is 1. The van der Waals surface area contributed by atoms with Crippen LogP contribution in [0.4, 0.5) is 10.1 Å². The third-order valence-corrected chi connectivity index (χ3v) is 7.53. The van der Waals surface area contributed by atoms with E-state index in [0.717, 1.165) is 5.75 Å². The SMILES string of the molecule is Cl.O=C(CC1CSC(=NC2CCCCC2)N1C1CCCCC1)Nc1ccc(F)cc1. The van der Waals surface area contributed by atoms with Crippen LogP contribution in [0.2, 0.25) is 0 Å². The molecule has 4 rings (SSSR count). The van der Waals surface area contributed by atoms with Gasteiger partial charge in [0, 0.05) is 29.9 Å². The Labute approximate surface area is 189 Å². The molecular weight excluding hydrogens is 421 g/mol. The maximum Gasteiger partial charge on any atom is 0.226 e. The third kappa shape index (κ3) is 6.13. The number of carbonyl (C=O) groups excluding carboxylic acids is 1. The Morgan fingerprint density at radius 3 is 2.33 bits per heavy atom. The van der Waals surface area contributed by atoms with Crippen molar-refractivity contribution in [1.82, 2.24) is 4.90 Å². The fraction of sp³-hybridized carbons (Fsp3) is 0.652. The molecule has 1 atom stereocenters. The van der Waals surface area contributed by atoms with Gasteiger partial charge < -0.3 is 10.2 Å². The summed E-state index contributed by atoms with van der Waals surface area (Å²) in [6.45, 7) is 0. The molecule has 1 aromatic carbocycles. The molecule has 0 spiro atoms. The Morgan fingerprint density at radius 2 is 1.67 bits per heavy atom. The van der Waals surface area contributed by atoms with Crippen LogP contribution in [0.1, 0.15) is 70.6 Å². The van der Waals surface area contributed by atoms with Gasteiger partial charge in [-0.3, -0.25) is 9.79 Å². The molecule has 3 fully saturated rings. The normalized spacial score (nSPS) is 24.6. The van der Waals surface area contributed by atoms with Crippen LogP contribution in [-0.2, 0) is 4.79 Å². The van der Waals surface area contributed by atoms with Gasteiger partial charge in [0.05, 0.1) is 6.04 Å². The summed E-state index contributed by atoms with van der Waals surface area (Å²) < 4.78 is 13.1. The molecule has 0 radical (unpaired) electrons. The van der Waals surface area contributed by atoms with Crippen molar-refractivity contribution in [3.63, 3.8) is 0 Å². The molecule has 7 heteroatoms. The van der Waals surface area contributed by atoms with E-state index in [1.807, 2.05) is 11.8 Å². The number of carbonyl (C=O) groups is 1. The Hall–Kier alpha value is -1.27. The molecule has 166 valence electrons. The second kappa shape index (κ2) is 11.4. The number of rotatable bonds is 5. The second-order valence-electron chi connectivity index (χ2n) is 8.63. The standard InChI is InChI=1S/C23H32FN3OS.ClH/c24-17-11-13-19(14-12-17)25-22(28)15-21-16-29-23(26-18-7-3-1-4-8-18)27(21)20-9-5-2-6-10-20;/h11-14,18,20-21H,1-10,15-16H2,(H,25,28);1H. The molecule has 4 nitrogen and oxygen atoms in total. The highest BCUT2D eigenvalue weighted by Crippen LogP contribution is 2.35. The average molecular weight is 454 g/mol. The van der Waals surface area contributed by atoms with E-state index in [1.165, 1.54) is 81.5 Å². The van der Waals surface area contributed by atoms with E-state index in [0.29, 0.717) is 24.2 Å². The molecular formula is C23H33ClFN3OS. The molecule has 1 amide bonds. The van der Waals surface area contributed by atoms with Gasteiger partial charge in [0.1, 0.15) is 5.82 Å². The highest BCUT2D eigenvalue weighted by molar-refractivity contribution is 8.14. The van der Waals surface area contributed by atoms with Gasteiger partial charge in [0.25, 0.3) is 0 Å². The number of thioether (sulfide) groups is 1. The van der Waals surface area contributed by atoms with Crippen molar-refractivity contribution in [2.75, 3.05) is 11.1 Å². The largest absolute Gasteiger partial charge is 0.344 e. The van der Waals surface area contributed by atoms with Gasteiger partial charge in [-0.25, -0.2) is 4.39 Å². The van der Waals surface area contributed by atoms with Crippen molar-refractivity contribution in [1.29, 1.82) is 0 Å². The number of anilines is 1. The number of hydrogen-bond donors (Lipinski definition) is 1. The number of amides is 1. The first-order valence-electron chi connectivity index (χ1n) is 11.2. The zero-order chi connectivity index (χ0) is 20.1. The zero-order valence-corrected chi connectivity index (χ0v) is 19.2. The summed E-state index contributed by atoms with van der Waals surface area (Å²) in [5, 5.41) is 4.12. The molecule has 1 unspecified atom stereocenters. The fourth-order valence-electron chi connectivity index (χ4n) is 4.88. The minimum Gasteiger partial charge on any atom is -0.344 e. The van der Waals surface area contributed by atoms with Crippen LogP contribution in [0.3, 0.4) is 0 Å². The lowest BCUT2D eigenvalue weighted by molar-refractivity contribution is -0.117. The summed E-state index contributed by atoms with van der Waals surface area (Å²) in [6, 6.07) is 7.17. The van der Waals surface area contributed by atoms with Crippen molar-refractivity contribution < 1.29 is 9.18 Å². The van der Waals surface area contributed by atoms with Crippen molar-refractivity contribution in [2.45, 2.75) is 88.8 Å². The molecule has 1 aromatic rings. The van der Waals surface area contributed by atoms with E-state index in [1.54, 1.807) is 12.1 Å². The predicted octanol–water partition coefficient (Wildman–Crippen LogP) is 6.01. The van der Waals surface area contributed by atoms with E-state index in [-0.39, 0.29) is 30.2 Å². The topological polar surface area (TPSA) is 44.7 Å². The van der Waals surface area contributed by atoms with Gasteiger partial charge in [-0.1, -0.05) is 50.3 Å². The Balaban J connectivity index is 0.00000256. The summed E-state index contributed by atoms with van der Waals surface area (Å²) in [6.07, 6.45) is 13.1. The van der Waals surface area contributed by atoms with Crippen molar-refractivity contribution in [3.8, 4) is 0 Å². The van der Waals surface area contributed by atoms with E-state index >= 15 is 0 Å². The quantitative estimate of drug-likeness (QED) is 0.593. The first-order valence-corrected chi connectivity index (χ1v) is 12.2. The minimum absolute atomic E-state index is 0. The van der Waals surface area contributed by atoms with Gasteiger partial charge in [-0.15, -0.1) is 12.4 Å². The van der Waals surface area contributed by atoms with Gasteiger partial charge in [-0.05, 0) is 49.9 Å². The van der Waals surface area contributed by atoms with Crippen LogP contribution in [0.5, 0.6) is 0 Å². The molecule has 2 aliphatic carbocycles. The van der Waals surface area contributed by atoms with E-state index in [9.17, 15) is 9.18 Å². The molecule has 0 bridgehead atoms. The Kier molecular flexibility index (Phi) is 8.87. The van der Waals surface area contributed by atoms with Crippen LogP contribution in [0.25, 0.3) is 0 Å². The molecule has 1 saturated heterocycles. The molecule has 1 heterocycles. The predicted molar refractivity (Wildman–Crippen MR) is 126 cm³/mol. The lowest BCUT2D eigenvalue weighted by Gasteiger charge is -2.37. The summed E-state index contributed by atoms with van der Waals surface area (Å²) in [4.78, 5) is 20.4. The summed E-state index contributed by atoms with van der Waals surface area (Å²) in [5.41, 5.74) is 0.655. The van der Waals surface area contributed by atoms with Crippen LogP contribution < -0.4 is 5.32 Å². The number of hydrogen-bond acceptors (Lipinski definition) is 3. The van der Waals surface area contributed by atoms with Crippen LogP contribution in [-0.4, -0.2) is 39.9 Å². The van der Waals surface area contributed by atoms with E-state index in [4.69, 9.17) is 4.99 Å². The summed E-state index contributed by atoms with van der Waals surface area (Å²) in [7, 11) is 0. The first kappa shape index (κ1) is 23.4. The van der Waals surface area contributed by atoms with Crippen molar-refractivity contribution >= 4 is 40.9 Å². The second-order valence-corrected chi connectivity index (χ2v) is 9.61. The van der Waals surface area contributed by atoms with Crippen LogP contribution >= 0.6 is 24.2 Å². The smallest absolute Gasteiger partial charge is 0.226 e. The molecule has 1 aliphatic heterocycles. The summed E-state index contributed by atoms with van der Waals surface area (Å²) in [5.74, 6) is 0.642. The van der Waals surface area contributed by atoms with Gasteiger partial charge in [-0.2, -0.15) is 0 Å². The highest BCUT2D eigenvalue weighted by Gasteiger charge is 2.37. The number of halogens is 2. The molecule has 1 N–H and O–H groups in total. The molecule has 3 aliphatic rings. The van der Waals surface area contributed by atoms with Crippen molar-refractivity contribution in [3.05, 3.63) is 30.1 Å². The number of nitrogens with one attached hydrogen (secondary N) is 1. The molecule has 0 aromatic heterocycles. The van der Waals surface area contributed by atoms with Gasteiger partial charge in [0.15, 0.2) is 5.17 Å². The number of amidine groups is 1. The zero-order valence-electron chi connectivity index (χ0n) is 17.5. The van der Waals surface area contributed by atoms with Crippen molar-refractivity contribution in [2.24, 2.45) is 4.99 Å².